The van der Waals surface area contributed by atoms with E-state index in [-0.39, 0.29) is 11.3 Å². The molecule has 2 heteroatoms. The molecule has 0 spiro atoms. The van der Waals surface area contributed by atoms with E-state index in [2.05, 4.69) is 32.2 Å². The fourth-order valence-electron chi connectivity index (χ4n) is 2.96. The van der Waals surface area contributed by atoms with Crippen molar-refractivity contribution in [1.29, 1.82) is 0 Å². The van der Waals surface area contributed by atoms with E-state index in [4.69, 9.17) is 0 Å². The van der Waals surface area contributed by atoms with Gasteiger partial charge in [0.15, 0.2) is 5.78 Å². The zero-order valence-corrected chi connectivity index (χ0v) is 11.3. The van der Waals surface area contributed by atoms with Crippen molar-refractivity contribution in [3.05, 3.63) is 28.8 Å². The maximum absolute atomic E-state index is 11.6. The lowest BCUT2D eigenvalue weighted by Gasteiger charge is -2.38. The second-order valence-electron chi connectivity index (χ2n) is 5.87. The quantitative estimate of drug-likeness (QED) is 0.743. The molecular formula is C15H21NO. The Kier molecular flexibility index (Phi) is 2.76. The van der Waals surface area contributed by atoms with Crippen LogP contribution in [0.15, 0.2) is 12.1 Å². The van der Waals surface area contributed by atoms with Gasteiger partial charge in [-0.3, -0.25) is 4.79 Å². The molecule has 1 aliphatic rings. The van der Waals surface area contributed by atoms with Crippen LogP contribution in [0.3, 0.4) is 0 Å². The van der Waals surface area contributed by atoms with Crippen LogP contribution in [0, 0.1) is 6.92 Å². The summed E-state index contributed by atoms with van der Waals surface area (Å²) in [5, 5.41) is 3.58. The van der Waals surface area contributed by atoms with Gasteiger partial charge < -0.3 is 5.32 Å². The molecule has 92 valence electrons. The van der Waals surface area contributed by atoms with E-state index in [1.165, 1.54) is 11.3 Å². The highest BCUT2D eigenvalue weighted by Crippen LogP contribution is 2.41. The van der Waals surface area contributed by atoms with Crippen molar-refractivity contribution in [2.75, 3.05) is 5.32 Å². The molecule has 1 aromatic carbocycles. The molecule has 2 rings (SSSR count). The number of Topliss-reactive ketones (excluding diaryl/α,β-unsaturated/α-hetero) is 1. The SMILES string of the molecule is CC(=O)c1ccc2c(c1C)NC(C)(C)C[C@H]2C. The lowest BCUT2D eigenvalue weighted by molar-refractivity contribution is 0.101. The van der Waals surface area contributed by atoms with Crippen molar-refractivity contribution in [3.8, 4) is 0 Å². The van der Waals surface area contributed by atoms with E-state index < -0.39 is 0 Å². The molecule has 1 aliphatic heterocycles. The van der Waals surface area contributed by atoms with Crippen LogP contribution in [0.2, 0.25) is 0 Å². The number of ketones is 1. The van der Waals surface area contributed by atoms with Gasteiger partial charge in [0.2, 0.25) is 0 Å². The number of carbonyl (C=O) groups excluding carboxylic acids is 1. The summed E-state index contributed by atoms with van der Waals surface area (Å²) in [4.78, 5) is 11.6. The minimum Gasteiger partial charge on any atom is -0.380 e. The number of hydrogen-bond donors (Lipinski definition) is 1. The number of hydrogen-bond acceptors (Lipinski definition) is 2. The van der Waals surface area contributed by atoms with Gasteiger partial charge in [-0.05, 0) is 51.2 Å². The topological polar surface area (TPSA) is 29.1 Å². The third-order valence-corrected chi connectivity index (χ3v) is 3.69. The second kappa shape index (κ2) is 3.86. The molecule has 2 nitrogen and oxygen atoms in total. The lowest BCUT2D eigenvalue weighted by Crippen LogP contribution is -2.37. The number of anilines is 1. The molecule has 1 heterocycles. The first-order chi connectivity index (χ1) is 7.82. The molecule has 17 heavy (non-hydrogen) atoms. The van der Waals surface area contributed by atoms with Crippen molar-refractivity contribution >= 4 is 11.5 Å². The monoisotopic (exact) mass is 231 g/mol. The third-order valence-electron chi connectivity index (χ3n) is 3.69. The number of fused-ring (bicyclic) bond motifs is 1. The molecule has 0 saturated carbocycles. The van der Waals surface area contributed by atoms with Crippen LogP contribution in [-0.2, 0) is 0 Å². The molecule has 0 amide bonds. The number of nitrogens with one attached hydrogen (secondary N) is 1. The van der Waals surface area contributed by atoms with Gasteiger partial charge in [0.25, 0.3) is 0 Å². The Bertz CT molecular complexity index is 474. The molecule has 1 atom stereocenters. The average molecular weight is 231 g/mol. The Labute approximate surface area is 103 Å². The standard InChI is InChI=1S/C15H21NO/c1-9-8-15(4,5)16-14-10(2)13(11(3)17)7-6-12(9)14/h6-7,9,16H,8H2,1-5H3/t9-/m1/s1. The highest BCUT2D eigenvalue weighted by Gasteiger charge is 2.30. The van der Waals surface area contributed by atoms with Crippen molar-refractivity contribution in [3.63, 3.8) is 0 Å². The van der Waals surface area contributed by atoms with Gasteiger partial charge in [-0.2, -0.15) is 0 Å². The minimum absolute atomic E-state index is 0.104. The van der Waals surface area contributed by atoms with Gasteiger partial charge >= 0.3 is 0 Å². The summed E-state index contributed by atoms with van der Waals surface area (Å²) < 4.78 is 0. The average Bonchev–Trinajstić information content (AvgIpc) is 2.17. The van der Waals surface area contributed by atoms with Gasteiger partial charge in [0, 0.05) is 16.8 Å². The van der Waals surface area contributed by atoms with Gasteiger partial charge in [-0.1, -0.05) is 19.1 Å². The molecule has 0 saturated heterocycles. The molecule has 0 unspecified atom stereocenters. The summed E-state index contributed by atoms with van der Waals surface area (Å²) in [7, 11) is 0. The van der Waals surface area contributed by atoms with Gasteiger partial charge in [-0.25, -0.2) is 0 Å². The van der Waals surface area contributed by atoms with Crippen LogP contribution in [-0.4, -0.2) is 11.3 Å². The van der Waals surface area contributed by atoms with Crippen LogP contribution in [0.4, 0.5) is 5.69 Å². The van der Waals surface area contributed by atoms with E-state index in [0.717, 1.165) is 17.5 Å². The Morgan fingerprint density at radius 1 is 1.41 bits per heavy atom. The minimum atomic E-state index is 0.104. The lowest BCUT2D eigenvalue weighted by atomic mass is 9.80. The van der Waals surface area contributed by atoms with Gasteiger partial charge in [0.1, 0.15) is 0 Å². The van der Waals surface area contributed by atoms with Crippen LogP contribution < -0.4 is 5.32 Å². The van der Waals surface area contributed by atoms with Gasteiger partial charge in [-0.15, -0.1) is 0 Å². The maximum Gasteiger partial charge on any atom is 0.160 e. The summed E-state index contributed by atoms with van der Waals surface area (Å²) >= 11 is 0. The normalized spacial score (nSPS) is 21.6. The maximum atomic E-state index is 11.6. The molecule has 0 aliphatic carbocycles. The van der Waals surface area contributed by atoms with E-state index in [1.807, 2.05) is 13.0 Å². The molecular weight excluding hydrogens is 210 g/mol. The molecule has 0 fully saturated rings. The third kappa shape index (κ3) is 2.08. The molecule has 0 aromatic heterocycles. The van der Waals surface area contributed by atoms with Crippen LogP contribution in [0.5, 0.6) is 0 Å². The fourth-order valence-corrected chi connectivity index (χ4v) is 2.96. The first-order valence-electron chi connectivity index (χ1n) is 6.24. The summed E-state index contributed by atoms with van der Waals surface area (Å²) in [6.45, 7) is 10.4. The van der Waals surface area contributed by atoms with Crippen LogP contribution >= 0.6 is 0 Å². The Morgan fingerprint density at radius 2 is 2.06 bits per heavy atom. The Hall–Kier alpha value is -1.31. The summed E-state index contributed by atoms with van der Waals surface area (Å²) in [6.07, 6.45) is 1.12. The van der Waals surface area contributed by atoms with Crippen molar-refractivity contribution in [2.45, 2.75) is 52.5 Å². The zero-order valence-electron chi connectivity index (χ0n) is 11.3. The molecule has 1 N–H and O–H groups in total. The highest BCUT2D eigenvalue weighted by atomic mass is 16.1. The largest absolute Gasteiger partial charge is 0.380 e. The Balaban J connectivity index is 2.58. The van der Waals surface area contributed by atoms with Crippen LogP contribution in [0.25, 0.3) is 0 Å². The fraction of sp³-hybridized carbons (Fsp3) is 0.533. The van der Waals surface area contributed by atoms with Crippen molar-refractivity contribution in [1.82, 2.24) is 0 Å². The first-order valence-corrected chi connectivity index (χ1v) is 6.24. The first kappa shape index (κ1) is 12.2. The predicted molar refractivity (Wildman–Crippen MR) is 71.9 cm³/mol. The predicted octanol–water partition coefficient (Wildman–Crippen LogP) is 3.90. The van der Waals surface area contributed by atoms with E-state index >= 15 is 0 Å². The van der Waals surface area contributed by atoms with E-state index in [1.54, 1.807) is 6.92 Å². The summed E-state index contributed by atoms with van der Waals surface area (Å²) in [5.74, 6) is 0.684. The summed E-state index contributed by atoms with van der Waals surface area (Å²) in [5.41, 5.74) is 4.54. The van der Waals surface area contributed by atoms with Gasteiger partial charge in [0.05, 0.1) is 0 Å². The molecule has 1 aromatic rings. The summed E-state index contributed by atoms with van der Waals surface area (Å²) in [6, 6.07) is 4.07. The molecule has 0 bridgehead atoms. The number of rotatable bonds is 1. The number of carbonyl (C=O) groups is 1. The Morgan fingerprint density at radius 3 is 2.65 bits per heavy atom. The molecule has 0 radical (unpaired) electrons. The highest BCUT2D eigenvalue weighted by molar-refractivity contribution is 5.97. The van der Waals surface area contributed by atoms with E-state index in [0.29, 0.717) is 5.92 Å². The van der Waals surface area contributed by atoms with E-state index in [9.17, 15) is 4.79 Å². The zero-order chi connectivity index (χ0) is 12.8. The number of benzene rings is 1. The smallest absolute Gasteiger partial charge is 0.160 e. The second-order valence-corrected chi connectivity index (χ2v) is 5.87. The van der Waals surface area contributed by atoms with Crippen molar-refractivity contribution in [2.24, 2.45) is 0 Å². The van der Waals surface area contributed by atoms with Crippen LogP contribution in [0.1, 0.15) is 61.5 Å². The van der Waals surface area contributed by atoms with Crippen molar-refractivity contribution < 1.29 is 4.79 Å².